The first kappa shape index (κ1) is 17.9. The topological polar surface area (TPSA) is 66.8 Å². The zero-order chi connectivity index (χ0) is 16.4. The number of aliphatic carboxylic acids is 1. The number of ether oxygens (including phenoxy) is 1. The quantitative estimate of drug-likeness (QED) is 0.745. The third-order valence-corrected chi connectivity index (χ3v) is 3.60. The fourth-order valence-corrected chi connectivity index (χ4v) is 2.30. The summed E-state index contributed by atoms with van der Waals surface area (Å²) in [6.07, 6.45) is 6.72. The lowest BCUT2D eigenvalue weighted by molar-refractivity contribution is -0.142. The Morgan fingerprint density at radius 1 is 1.41 bits per heavy atom. The molecule has 0 saturated heterocycles. The Morgan fingerprint density at radius 3 is 2.64 bits per heavy atom. The second-order valence-electron chi connectivity index (χ2n) is 4.51. The van der Waals surface area contributed by atoms with E-state index >= 15 is 0 Å². The number of terminal acetylenes is 1. The molecule has 5 nitrogen and oxygen atoms in total. The van der Waals surface area contributed by atoms with Gasteiger partial charge in [-0.05, 0) is 24.0 Å². The smallest absolute Gasteiger partial charge is 0.411 e. The Hall–Kier alpha value is -2.13. The molecule has 0 aliphatic heterocycles. The summed E-state index contributed by atoms with van der Waals surface area (Å²) in [6, 6.07) is 8.19. The maximum absolute atomic E-state index is 12.2. The van der Waals surface area contributed by atoms with Crippen LogP contribution < -0.4 is 0 Å². The summed E-state index contributed by atoms with van der Waals surface area (Å²) in [5, 5.41) is 9.30. The van der Waals surface area contributed by atoms with Gasteiger partial charge in [-0.3, -0.25) is 4.90 Å². The van der Waals surface area contributed by atoms with Crippen molar-refractivity contribution in [3.05, 3.63) is 35.9 Å². The van der Waals surface area contributed by atoms with Gasteiger partial charge < -0.3 is 9.84 Å². The van der Waals surface area contributed by atoms with Crippen LogP contribution >= 0.6 is 11.8 Å². The molecule has 22 heavy (non-hydrogen) atoms. The molecule has 1 N–H and O–H groups in total. The second-order valence-corrected chi connectivity index (χ2v) is 5.49. The highest BCUT2D eigenvalue weighted by Gasteiger charge is 2.29. The van der Waals surface area contributed by atoms with Crippen molar-refractivity contribution < 1.29 is 19.4 Å². The number of amides is 1. The van der Waals surface area contributed by atoms with E-state index in [1.54, 1.807) is 0 Å². The number of hydrogen-bond donors (Lipinski definition) is 1. The van der Waals surface area contributed by atoms with Gasteiger partial charge in [0.15, 0.2) is 0 Å². The van der Waals surface area contributed by atoms with Gasteiger partial charge in [0.2, 0.25) is 0 Å². The van der Waals surface area contributed by atoms with Crippen LogP contribution in [0.4, 0.5) is 4.79 Å². The normalized spacial score (nSPS) is 11.3. The van der Waals surface area contributed by atoms with Crippen molar-refractivity contribution in [2.45, 2.75) is 19.1 Å². The van der Waals surface area contributed by atoms with Crippen LogP contribution in [-0.4, -0.2) is 46.7 Å². The van der Waals surface area contributed by atoms with Gasteiger partial charge in [-0.15, -0.1) is 6.42 Å². The summed E-state index contributed by atoms with van der Waals surface area (Å²) < 4.78 is 5.18. The lowest BCUT2D eigenvalue weighted by atomic mass is 10.2. The van der Waals surface area contributed by atoms with Gasteiger partial charge >= 0.3 is 12.1 Å². The van der Waals surface area contributed by atoms with E-state index in [4.69, 9.17) is 11.2 Å². The molecule has 0 aliphatic rings. The van der Waals surface area contributed by atoms with E-state index in [9.17, 15) is 14.7 Å². The number of carboxylic acids is 1. The highest BCUT2D eigenvalue weighted by atomic mass is 32.2. The minimum absolute atomic E-state index is 0.0790. The molecule has 1 rings (SSSR count). The summed E-state index contributed by atoms with van der Waals surface area (Å²) >= 11 is 1.51. The van der Waals surface area contributed by atoms with Crippen molar-refractivity contribution in [3.8, 4) is 12.3 Å². The zero-order valence-corrected chi connectivity index (χ0v) is 13.2. The van der Waals surface area contributed by atoms with Crippen LogP contribution in [0.3, 0.4) is 0 Å². The molecule has 0 fully saturated rings. The van der Waals surface area contributed by atoms with Crippen molar-refractivity contribution in [1.29, 1.82) is 0 Å². The van der Waals surface area contributed by atoms with Crippen molar-refractivity contribution >= 4 is 23.8 Å². The summed E-state index contributed by atoms with van der Waals surface area (Å²) in [5.74, 6) is 1.85. The molecule has 118 valence electrons. The maximum atomic E-state index is 12.2. The number of carboxylic acid groups (broad SMARTS) is 1. The average Bonchev–Trinajstić information content (AvgIpc) is 2.52. The molecule has 0 radical (unpaired) electrons. The van der Waals surface area contributed by atoms with E-state index in [-0.39, 0.29) is 13.2 Å². The number of rotatable bonds is 8. The van der Waals surface area contributed by atoms with E-state index in [0.717, 1.165) is 10.5 Å². The fraction of sp³-hybridized carbons (Fsp3) is 0.375. The number of carbonyl (C=O) groups is 2. The van der Waals surface area contributed by atoms with Crippen LogP contribution in [0.5, 0.6) is 0 Å². The molecule has 0 heterocycles. The van der Waals surface area contributed by atoms with E-state index in [1.165, 1.54) is 11.8 Å². The third kappa shape index (κ3) is 5.70. The highest BCUT2D eigenvalue weighted by molar-refractivity contribution is 7.98. The molecule has 0 aromatic heterocycles. The predicted octanol–water partition coefficient (Wildman–Crippen LogP) is 2.46. The van der Waals surface area contributed by atoms with Crippen LogP contribution in [0.15, 0.2) is 30.3 Å². The lowest BCUT2D eigenvalue weighted by Crippen LogP contribution is -2.45. The van der Waals surface area contributed by atoms with Crippen molar-refractivity contribution in [1.82, 2.24) is 4.90 Å². The number of carbonyl (C=O) groups excluding carboxylic acids is 1. The Morgan fingerprint density at radius 2 is 2.09 bits per heavy atom. The molecule has 0 bridgehead atoms. The predicted molar refractivity (Wildman–Crippen MR) is 86.6 cm³/mol. The molecule has 0 spiro atoms. The number of thioether (sulfide) groups is 1. The van der Waals surface area contributed by atoms with E-state index < -0.39 is 18.1 Å². The molecule has 0 saturated carbocycles. The van der Waals surface area contributed by atoms with Crippen LogP contribution in [0.1, 0.15) is 12.0 Å². The first-order valence-electron chi connectivity index (χ1n) is 6.72. The third-order valence-electron chi connectivity index (χ3n) is 2.96. The van der Waals surface area contributed by atoms with Gasteiger partial charge in [0, 0.05) is 0 Å². The maximum Gasteiger partial charge on any atom is 0.411 e. The summed E-state index contributed by atoms with van der Waals surface area (Å²) in [6.45, 7) is -0.0193. The van der Waals surface area contributed by atoms with Crippen LogP contribution in [0, 0.1) is 12.3 Å². The number of benzene rings is 1. The first-order valence-corrected chi connectivity index (χ1v) is 8.12. The molecular formula is C16H19NO4S. The Bertz CT molecular complexity index is 527. The van der Waals surface area contributed by atoms with Gasteiger partial charge in [-0.1, -0.05) is 36.3 Å². The average molecular weight is 321 g/mol. The molecular weight excluding hydrogens is 302 g/mol. The minimum atomic E-state index is -1.08. The summed E-state index contributed by atoms with van der Waals surface area (Å²) in [4.78, 5) is 24.6. The minimum Gasteiger partial charge on any atom is -0.480 e. The monoisotopic (exact) mass is 321 g/mol. The van der Waals surface area contributed by atoms with Crippen LogP contribution in [-0.2, 0) is 16.1 Å². The summed E-state index contributed by atoms with van der Waals surface area (Å²) in [7, 11) is 0. The lowest BCUT2D eigenvalue weighted by Gasteiger charge is -2.26. The fourth-order valence-electron chi connectivity index (χ4n) is 1.84. The number of hydrogen-bond acceptors (Lipinski definition) is 4. The molecule has 6 heteroatoms. The molecule has 0 aliphatic carbocycles. The second kappa shape index (κ2) is 9.74. The Kier molecular flexibility index (Phi) is 7.94. The Balaban J connectivity index is 2.72. The molecule has 1 aromatic rings. The molecule has 1 aromatic carbocycles. The Labute approximate surface area is 134 Å². The van der Waals surface area contributed by atoms with E-state index in [1.807, 2.05) is 36.6 Å². The largest absolute Gasteiger partial charge is 0.480 e. The molecule has 1 atom stereocenters. The van der Waals surface area contributed by atoms with Crippen LogP contribution in [0.25, 0.3) is 0 Å². The van der Waals surface area contributed by atoms with Crippen molar-refractivity contribution in [2.24, 2.45) is 0 Å². The first-order chi connectivity index (χ1) is 10.6. The molecule has 1 unspecified atom stereocenters. The van der Waals surface area contributed by atoms with E-state index in [0.29, 0.717) is 12.2 Å². The van der Waals surface area contributed by atoms with Gasteiger partial charge in [0.25, 0.3) is 0 Å². The number of nitrogens with zero attached hydrogens (tertiary/aromatic N) is 1. The summed E-state index contributed by atoms with van der Waals surface area (Å²) in [5.41, 5.74) is 0.826. The zero-order valence-electron chi connectivity index (χ0n) is 12.4. The van der Waals surface area contributed by atoms with Crippen molar-refractivity contribution in [2.75, 3.05) is 18.6 Å². The van der Waals surface area contributed by atoms with Gasteiger partial charge in [-0.25, -0.2) is 9.59 Å². The highest BCUT2D eigenvalue weighted by Crippen LogP contribution is 2.12. The van der Waals surface area contributed by atoms with Crippen molar-refractivity contribution in [3.63, 3.8) is 0 Å². The standard InChI is InChI=1S/C16H19NO4S/c1-3-10-17(14(15(18)19)9-11-22-2)16(20)21-12-13-7-5-4-6-8-13/h1,4-8,14H,9-12H2,2H3,(H,18,19). The molecule has 1 amide bonds. The van der Waals surface area contributed by atoms with E-state index in [2.05, 4.69) is 5.92 Å². The van der Waals surface area contributed by atoms with Gasteiger partial charge in [-0.2, -0.15) is 11.8 Å². The SMILES string of the molecule is C#CCN(C(=O)OCc1ccccc1)C(CCSC)C(=O)O. The van der Waals surface area contributed by atoms with Gasteiger partial charge in [0.1, 0.15) is 12.6 Å². The van der Waals surface area contributed by atoms with Crippen LogP contribution in [0.2, 0.25) is 0 Å². The van der Waals surface area contributed by atoms with Gasteiger partial charge in [0.05, 0.1) is 6.54 Å².